The number of benzene rings is 2. The summed E-state index contributed by atoms with van der Waals surface area (Å²) in [6.45, 7) is 2.02. The molecule has 19 heavy (non-hydrogen) atoms. The van der Waals surface area contributed by atoms with Gasteiger partial charge < -0.3 is 4.74 Å². The first-order valence-electron chi connectivity index (χ1n) is 5.77. The van der Waals surface area contributed by atoms with E-state index in [2.05, 4.69) is 0 Å². The average Bonchev–Trinajstić information content (AvgIpc) is 2.40. The number of ether oxygens (including phenoxy) is 1. The Balaban J connectivity index is 2.48. The van der Waals surface area contributed by atoms with Crippen LogP contribution in [0.15, 0.2) is 36.4 Å². The van der Waals surface area contributed by atoms with E-state index >= 15 is 0 Å². The van der Waals surface area contributed by atoms with E-state index in [1.54, 1.807) is 19.2 Å². The number of alkyl halides is 1. The van der Waals surface area contributed by atoms with Crippen molar-refractivity contribution < 1.29 is 4.74 Å². The van der Waals surface area contributed by atoms with Crippen LogP contribution >= 0.6 is 34.8 Å². The van der Waals surface area contributed by atoms with Gasteiger partial charge in [0, 0.05) is 11.1 Å². The van der Waals surface area contributed by atoms with E-state index in [0.717, 1.165) is 16.7 Å². The number of methoxy groups -OCH3 is 1. The molecule has 2 aromatic carbocycles. The number of rotatable bonds is 3. The smallest absolute Gasteiger partial charge is 0.138 e. The summed E-state index contributed by atoms with van der Waals surface area (Å²) in [6, 6.07) is 11.4. The Bertz CT molecular complexity index is 596. The number of halogens is 3. The van der Waals surface area contributed by atoms with Crippen LogP contribution < -0.4 is 4.74 Å². The SMILES string of the molecule is COc1cc(Cl)c(C(Cl)c2ccccc2C)cc1Cl. The number of aryl methyl sites for hydroxylation is 1. The predicted molar refractivity (Wildman–Crippen MR) is 81.9 cm³/mol. The maximum atomic E-state index is 6.53. The highest BCUT2D eigenvalue weighted by Crippen LogP contribution is 2.39. The molecular weight excluding hydrogens is 303 g/mol. The van der Waals surface area contributed by atoms with Gasteiger partial charge in [0.15, 0.2) is 0 Å². The normalized spacial score (nSPS) is 12.3. The van der Waals surface area contributed by atoms with Crippen LogP contribution in [-0.4, -0.2) is 7.11 Å². The van der Waals surface area contributed by atoms with Crippen molar-refractivity contribution in [3.63, 3.8) is 0 Å². The molecule has 4 heteroatoms. The zero-order valence-electron chi connectivity index (χ0n) is 10.6. The lowest BCUT2D eigenvalue weighted by molar-refractivity contribution is 0.415. The van der Waals surface area contributed by atoms with Crippen molar-refractivity contribution in [2.45, 2.75) is 12.3 Å². The first-order valence-corrected chi connectivity index (χ1v) is 6.96. The van der Waals surface area contributed by atoms with Gasteiger partial charge in [-0.05, 0) is 29.7 Å². The quantitative estimate of drug-likeness (QED) is 0.666. The zero-order valence-corrected chi connectivity index (χ0v) is 12.9. The van der Waals surface area contributed by atoms with Crippen LogP contribution in [0.2, 0.25) is 10.0 Å². The van der Waals surface area contributed by atoms with Gasteiger partial charge in [-0.1, -0.05) is 47.5 Å². The van der Waals surface area contributed by atoms with Gasteiger partial charge in [-0.2, -0.15) is 0 Å². The minimum atomic E-state index is -0.336. The van der Waals surface area contributed by atoms with E-state index in [9.17, 15) is 0 Å². The van der Waals surface area contributed by atoms with Crippen molar-refractivity contribution in [2.24, 2.45) is 0 Å². The van der Waals surface area contributed by atoms with Gasteiger partial charge in [-0.15, -0.1) is 11.6 Å². The average molecular weight is 316 g/mol. The maximum absolute atomic E-state index is 6.53. The molecule has 0 radical (unpaired) electrons. The highest BCUT2D eigenvalue weighted by atomic mass is 35.5. The third kappa shape index (κ3) is 3.00. The van der Waals surface area contributed by atoms with Gasteiger partial charge in [-0.3, -0.25) is 0 Å². The molecule has 2 rings (SSSR count). The largest absolute Gasteiger partial charge is 0.495 e. The lowest BCUT2D eigenvalue weighted by atomic mass is 10.00. The first-order chi connectivity index (χ1) is 9.04. The molecule has 0 N–H and O–H groups in total. The number of hydrogen-bond acceptors (Lipinski definition) is 1. The molecule has 0 aliphatic heterocycles. The van der Waals surface area contributed by atoms with Gasteiger partial charge >= 0.3 is 0 Å². The Kier molecular flexibility index (Phi) is 4.62. The highest BCUT2D eigenvalue weighted by molar-refractivity contribution is 6.36. The van der Waals surface area contributed by atoms with Crippen LogP contribution in [0.1, 0.15) is 22.1 Å². The van der Waals surface area contributed by atoms with Crippen LogP contribution in [0.4, 0.5) is 0 Å². The van der Waals surface area contributed by atoms with Crippen LogP contribution in [0.3, 0.4) is 0 Å². The van der Waals surface area contributed by atoms with Gasteiger partial charge in [0.1, 0.15) is 5.75 Å². The monoisotopic (exact) mass is 314 g/mol. The molecule has 0 aliphatic rings. The summed E-state index contributed by atoms with van der Waals surface area (Å²) >= 11 is 18.9. The lowest BCUT2D eigenvalue weighted by Crippen LogP contribution is -1.98. The van der Waals surface area contributed by atoms with E-state index in [1.807, 2.05) is 31.2 Å². The molecular formula is C15H13Cl3O. The van der Waals surface area contributed by atoms with Gasteiger partial charge in [0.25, 0.3) is 0 Å². The Morgan fingerprint density at radius 3 is 2.32 bits per heavy atom. The molecule has 0 amide bonds. The molecule has 0 fully saturated rings. The van der Waals surface area contributed by atoms with E-state index in [0.29, 0.717) is 15.8 Å². The molecule has 0 heterocycles. The van der Waals surface area contributed by atoms with Crippen LogP contribution in [-0.2, 0) is 0 Å². The molecule has 2 aromatic rings. The van der Waals surface area contributed by atoms with Crippen LogP contribution in [0.25, 0.3) is 0 Å². The Morgan fingerprint density at radius 1 is 1.00 bits per heavy atom. The zero-order chi connectivity index (χ0) is 14.0. The van der Waals surface area contributed by atoms with Crippen molar-refractivity contribution in [2.75, 3.05) is 7.11 Å². The van der Waals surface area contributed by atoms with Crippen molar-refractivity contribution in [3.8, 4) is 5.75 Å². The van der Waals surface area contributed by atoms with E-state index < -0.39 is 0 Å². The summed E-state index contributed by atoms with van der Waals surface area (Å²) in [5, 5.41) is 0.711. The second-order valence-electron chi connectivity index (χ2n) is 4.23. The van der Waals surface area contributed by atoms with Crippen molar-refractivity contribution >= 4 is 34.8 Å². The van der Waals surface area contributed by atoms with E-state index in [4.69, 9.17) is 39.5 Å². The van der Waals surface area contributed by atoms with Gasteiger partial charge in [0.2, 0.25) is 0 Å². The second kappa shape index (κ2) is 6.04. The van der Waals surface area contributed by atoms with Crippen molar-refractivity contribution in [1.82, 2.24) is 0 Å². The van der Waals surface area contributed by atoms with Gasteiger partial charge in [0.05, 0.1) is 17.5 Å². The van der Waals surface area contributed by atoms with E-state index in [-0.39, 0.29) is 5.38 Å². The topological polar surface area (TPSA) is 9.23 Å². The molecule has 0 aliphatic carbocycles. The fourth-order valence-electron chi connectivity index (χ4n) is 1.93. The third-order valence-corrected chi connectivity index (χ3v) is 4.10. The Labute approximate surface area is 128 Å². The molecule has 1 unspecified atom stereocenters. The van der Waals surface area contributed by atoms with Crippen LogP contribution in [0.5, 0.6) is 5.75 Å². The molecule has 0 spiro atoms. The molecule has 0 saturated heterocycles. The summed E-state index contributed by atoms with van der Waals surface area (Å²) in [5.74, 6) is 0.545. The third-order valence-electron chi connectivity index (χ3n) is 3.01. The summed E-state index contributed by atoms with van der Waals surface area (Å²) in [5.41, 5.74) is 2.92. The minimum Gasteiger partial charge on any atom is -0.495 e. The van der Waals surface area contributed by atoms with Crippen molar-refractivity contribution in [3.05, 3.63) is 63.1 Å². The number of hydrogen-bond donors (Lipinski definition) is 0. The molecule has 0 aromatic heterocycles. The lowest BCUT2D eigenvalue weighted by Gasteiger charge is -2.16. The van der Waals surface area contributed by atoms with Crippen LogP contribution in [0, 0.1) is 6.92 Å². The molecule has 1 atom stereocenters. The fraction of sp³-hybridized carbons (Fsp3) is 0.200. The highest BCUT2D eigenvalue weighted by Gasteiger charge is 2.18. The molecule has 100 valence electrons. The molecule has 0 bridgehead atoms. The Hall–Kier alpha value is -0.890. The fourth-order valence-corrected chi connectivity index (χ4v) is 2.93. The standard InChI is InChI=1S/C15H13Cl3O/c1-9-5-3-4-6-10(9)15(18)11-7-13(17)14(19-2)8-12(11)16/h3-8,15H,1-2H3. The van der Waals surface area contributed by atoms with Crippen molar-refractivity contribution in [1.29, 1.82) is 0 Å². The Morgan fingerprint density at radius 2 is 1.68 bits per heavy atom. The summed E-state index contributed by atoms with van der Waals surface area (Å²) in [7, 11) is 1.55. The summed E-state index contributed by atoms with van der Waals surface area (Å²) in [6.07, 6.45) is 0. The first kappa shape index (κ1) is 14.5. The summed E-state index contributed by atoms with van der Waals surface area (Å²) in [4.78, 5) is 0. The molecule has 1 nitrogen and oxygen atoms in total. The van der Waals surface area contributed by atoms with E-state index in [1.165, 1.54) is 0 Å². The second-order valence-corrected chi connectivity index (χ2v) is 5.48. The summed E-state index contributed by atoms with van der Waals surface area (Å²) < 4.78 is 5.13. The molecule has 0 saturated carbocycles. The minimum absolute atomic E-state index is 0.336. The maximum Gasteiger partial charge on any atom is 0.138 e. The predicted octanol–water partition coefficient (Wildman–Crippen LogP) is 5.64. The van der Waals surface area contributed by atoms with Gasteiger partial charge in [-0.25, -0.2) is 0 Å².